The lowest BCUT2D eigenvalue weighted by Gasteiger charge is -1.91. The van der Waals surface area contributed by atoms with E-state index in [1.165, 1.54) is 6.42 Å². The van der Waals surface area contributed by atoms with Crippen molar-refractivity contribution in [2.24, 2.45) is 0 Å². The van der Waals surface area contributed by atoms with Crippen LogP contribution < -0.4 is 0 Å². The minimum absolute atomic E-state index is 0.367. The maximum Gasteiger partial charge on any atom is 0.132 e. The zero-order chi connectivity index (χ0) is 8.53. The van der Waals surface area contributed by atoms with Gasteiger partial charge in [-0.3, -0.25) is 4.79 Å². The summed E-state index contributed by atoms with van der Waals surface area (Å²) in [5.41, 5.74) is 0. The summed E-state index contributed by atoms with van der Waals surface area (Å²) < 4.78 is 0. The molecule has 64 valence electrons. The molecule has 0 aliphatic rings. The van der Waals surface area contributed by atoms with Crippen molar-refractivity contribution in [2.45, 2.75) is 46.0 Å². The first kappa shape index (κ1) is 10.4. The van der Waals surface area contributed by atoms with E-state index in [4.69, 9.17) is 0 Å². The van der Waals surface area contributed by atoms with Crippen molar-refractivity contribution in [1.29, 1.82) is 0 Å². The Morgan fingerprint density at radius 2 is 1.82 bits per heavy atom. The monoisotopic (exact) mass is 154 g/mol. The first-order chi connectivity index (χ1) is 5.31. The highest BCUT2D eigenvalue weighted by Gasteiger charge is 1.93. The molecule has 0 aliphatic carbocycles. The van der Waals surface area contributed by atoms with Gasteiger partial charge in [-0.15, -0.1) is 0 Å². The maximum absolute atomic E-state index is 10.8. The van der Waals surface area contributed by atoms with Gasteiger partial charge >= 0.3 is 0 Å². The van der Waals surface area contributed by atoms with E-state index in [0.29, 0.717) is 12.2 Å². The van der Waals surface area contributed by atoms with Gasteiger partial charge in [0.15, 0.2) is 0 Å². The van der Waals surface area contributed by atoms with Gasteiger partial charge in [0.2, 0.25) is 0 Å². The number of hydrogen-bond donors (Lipinski definition) is 0. The Morgan fingerprint density at radius 3 is 2.36 bits per heavy atom. The van der Waals surface area contributed by atoms with E-state index >= 15 is 0 Å². The third kappa shape index (κ3) is 7.31. The van der Waals surface area contributed by atoms with Crippen LogP contribution in [-0.4, -0.2) is 5.78 Å². The summed E-state index contributed by atoms with van der Waals surface area (Å²) in [6, 6.07) is 0. The summed E-state index contributed by atoms with van der Waals surface area (Å²) in [4.78, 5) is 10.8. The van der Waals surface area contributed by atoms with Crippen molar-refractivity contribution >= 4 is 5.78 Å². The molecule has 0 unspecified atom stereocenters. The molecule has 0 saturated carbocycles. The molecule has 0 N–H and O–H groups in total. The van der Waals surface area contributed by atoms with Crippen LogP contribution in [0.5, 0.6) is 0 Å². The van der Waals surface area contributed by atoms with E-state index in [2.05, 4.69) is 19.1 Å². The second kappa shape index (κ2) is 7.52. The van der Waals surface area contributed by atoms with Gasteiger partial charge in [-0.2, -0.15) is 0 Å². The van der Waals surface area contributed by atoms with E-state index in [1.54, 1.807) is 0 Å². The van der Waals surface area contributed by atoms with Crippen molar-refractivity contribution in [3.8, 4) is 0 Å². The van der Waals surface area contributed by atoms with Gasteiger partial charge in [0.25, 0.3) is 0 Å². The van der Waals surface area contributed by atoms with Crippen LogP contribution in [0.3, 0.4) is 0 Å². The summed E-state index contributed by atoms with van der Waals surface area (Å²) in [5.74, 6) is 0.367. The summed E-state index contributed by atoms with van der Waals surface area (Å²) in [6.07, 6.45) is 8.92. The van der Waals surface area contributed by atoms with Gasteiger partial charge in [-0.25, -0.2) is 0 Å². The van der Waals surface area contributed by atoms with Crippen LogP contribution in [0.2, 0.25) is 0 Å². The normalized spacial score (nSPS) is 10.7. The molecule has 0 aliphatic heterocycles. The predicted octanol–water partition coefficient (Wildman–Crippen LogP) is 3.10. The number of ketones is 1. The van der Waals surface area contributed by atoms with Gasteiger partial charge in [0.05, 0.1) is 0 Å². The lowest BCUT2D eigenvalue weighted by atomic mass is 10.1. The van der Waals surface area contributed by atoms with Crippen LogP contribution in [0.25, 0.3) is 0 Å². The number of hydrogen-bond acceptors (Lipinski definition) is 1. The van der Waals surface area contributed by atoms with Crippen LogP contribution in [0.15, 0.2) is 12.2 Å². The average Bonchev–Trinajstić information content (AvgIpc) is 2.04. The van der Waals surface area contributed by atoms with Crippen molar-refractivity contribution in [3.05, 3.63) is 12.2 Å². The zero-order valence-corrected chi connectivity index (χ0v) is 7.60. The lowest BCUT2D eigenvalue weighted by Crippen LogP contribution is -1.92. The molecule has 0 atom stereocenters. The molecule has 0 bridgehead atoms. The van der Waals surface area contributed by atoms with Gasteiger partial charge in [0, 0.05) is 12.8 Å². The minimum Gasteiger partial charge on any atom is -0.300 e. The van der Waals surface area contributed by atoms with Crippen LogP contribution in [-0.2, 0) is 4.79 Å². The quantitative estimate of drug-likeness (QED) is 0.537. The van der Waals surface area contributed by atoms with Gasteiger partial charge in [-0.1, -0.05) is 32.4 Å². The smallest absolute Gasteiger partial charge is 0.132 e. The van der Waals surface area contributed by atoms with Gasteiger partial charge in [0.1, 0.15) is 5.78 Å². The van der Waals surface area contributed by atoms with Gasteiger partial charge < -0.3 is 0 Å². The Kier molecular flexibility index (Phi) is 7.11. The molecule has 0 aromatic carbocycles. The fourth-order valence-corrected chi connectivity index (χ4v) is 0.823. The Labute approximate surface area is 69.5 Å². The topological polar surface area (TPSA) is 17.1 Å². The Morgan fingerprint density at radius 1 is 1.18 bits per heavy atom. The second-order valence-corrected chi connectivity index (χ2v) is 2.69. The summed E-state index contributed by atoms with van der Waals surface area (Å²) >= 11 is 0. The van der Waals surface area contributed by atoms with Crippen LogP contribution in [0, 0.1) is 0 Å². The second-order valence-electron chi connectivity index (χ2n) is 2.69. The van der Waals surface area contributed by atoms with Crippen molar-refractivity contribution in [3.63, 3.8) is 0 Å². The Balaban J connectivity index is 3.19. The summed E-state index contributed by atoms with van der Waals surface area (Å²) in [7, 11) is 0. The van der Waals surface area contributed by atoms with E-state index in [1.807, 2.05) is 6.92 Å². The zero-order valence-electron chi connectivity index (χ0n) is 7.60. The largest absolute Gasteiger partial charge is 0.300 e. The molecule has 0 rings (SSSR count). The Bertz CT molecular complexity index is 125. The molecule has 1 heteroatoms. The molecule has 0 saturated heterocycles. The van der Waals surface area contributed by atoms with Crippen molar-refractivity contribution in [2.75, 3.05) is 0 Å². The molecule has 0 fully saturated rings. The van der Waals surface area contributed by atoms with E-state index in [-0.39, 0.29) is 0 Å². The number of carbonyl (C=O) groups excluding carboxylic acids is 1. The SMILES string of the molecule is CCC/C=C/CCC(=O)CC. The number of Topliss-reactive ketones (excluding diaryl/α,β-unsaturated/α-hetero) is 1. The molecular formula is C10H18O. The molecule has 0 amide bonds. The fourth-order valence-electron chi connectivity index (χ4n) is 0.823. The molecule has 0 aromatic rings. The molecule has 11 heavy (non-hydrogen) atoms. The van der Waals surface area contributed by atoms with Crippen LogP contribution in [0.1, 0.15) is 46.0 Å². The first-order valence-corrected chi connectivity index (χ1v) is 4.48. The van der Waals surface area contributed by atoms with E-state index in [9.17, 15) is 4.79 Å². The molecule has 0 heterocycles. The third-order valence-corrected chi connectivity index (χ3v) is 1.61. The highest BCUT2D eigenvalue weighted by molar-refractivity contribution is 5.78. The van der Waals surface area contributed by atoms with Crippen molar-refractivity contribution in [1.82, 2.24) is 0 Å². The highest BCUT2D eigenvalue weighted by atomic mass is 16.1. The van der Waals surface area contributed by atoms with Crippen LogP contribution in [0.4, 0.5) is 0 Å². The van der Waals surface area contributed by atoms with Crippen LogP contribution >= 0.6 is 0 Å². The number of allylic oxidation sites excluding steroid dienone is 2. The van der Waals surface area contributed by atoms with E-state index in [0.717, 1.165) is 19.3 Å². The molecule has 1 nitrogen and oxygen atoms in total. The predicted molar refractivity (Wildman–Crippen MR) is 48.6 cm³/mol. The third-order valence-electron chi connectivity index (χ3n) is 1.61. The average molecular weight is 154 g/mol. The van der Waals surface area contributed by atoms with Crippen molar-refractivity contribution < 1.29 is 4.79 Å². The minimum atomic E-state index is 0.367. The maximum atomic E-state index is 10.8. The molecular weight excluding hydrogens is 136 g/mol. The summed E-state index contributed by atoms with van der Waals surface area (Å²) in [5, 5.41) is 0. The summed E-state index contributed by atoms with van der Waals surface area (Å²) in [6.45, 7) is 4.07. The number of carbonyl (C=O) groups is 1. The lowest BCUT2D eigenvalue weighted by molar-refractivity contribution is -0.118. The molecule has 0 spiro atoms. The Hall–Kier alpha value is -0.590. The number of rotatable bonds is 6. The van der Waals surface area contributed by atoms with E-state index < -0.39 is 0 Å². The molecule has 0 radical (unpaired) electrons. The first-order valence-electron chi connectivity index (χ1n) is 4.48. The highest BCUT2D eigenvalue weighted by Crippen LogP contribution is 1.97. The fraction of sp³-hybridized carbons (Fsp3) is 0.700. The van der Waals surface area contributed by atoms with Gasteiger partial charge in [-0.05, 0) is 12.8 Å². The number of unbranched alkanes of at least 4 members (excludes halogenated alkanes) is 1. The molecule has 0 aromatic heterocycles. The standard InChI is InChI=1S/C10H18O/c1-3-5-6-7-8-9-10(11)4-2/h6-7H,3-5,8-9H2,1-2H3/b7-6+.